The van der Waals surface area contributed by atoms with Gasteiger partial charge in [0.15, 0.2) is 0 Å². The zero-order valence-corrected chi connectivity index (χ0v) is 23.9. The van der Waals surface area contributed by atoms with Crippen molar-refractivity contribution in [3.05, 3.63) is 107 Å². The number of carboxylic acid groups (broad SMARTS) is 2. The van der Waals surface area contributed by atoms with Crippen molar-refractivity contribution in [2.24, 2.45) is 0 Å². The summed E-state index contributed by atoms with van der Waals surface area (Å²) >= 11 is 0. The smallest absolute Gasteiger partial charge is 0.352 e. The maximum atomic E-state index is 12.5. The van der Waals surface area contributed by atoms with E-state index >= 15 is 0 Å². The summed E-state index contributed by atoms with van der Waals surface area (Å²) in [6.45, 7) is 6.25. The number of rotatable bonds is 10. The van der Waals surface area contributed by atoms with Crippen LogP contribution in [0.25, 0.3) is 0 Å². The van der Waals surface area contributed by atoms with E-state index in [1.807, 2.05) is 13.8 Å². The van der Waals surface area contributed by atoms with Crippen molar-refractivity contribution in [1.29, 1.82) is 0 Å². The first kappa shape index (κ1) is 30.6. The summed E-state index contributed by atoms with van der Waals surface area (Å²) in [6, 6.07) is 20.3. The Morgan fingerprint density at radius 3 is 1.14 bits per heavy atom. The van der Waals surface area contributed by atoms with Gasteiger partial charge < -0.3 is 40.1 Å². The number of phenolic OH excluding ortho intramolecular Hbond substituents is 4. The predicted octanol–water partition coefficient (Wildman–Crippen LogP) is 5.59. The molecule has 4 aromatic rings. The number of para-hydroxylation sites is 2. The van der Waals surface area contributed by atoms with Crippen LogP contribution in [0.3, 0.4) is 0 Å². The Balaban J connectivity index is 1.82. The summed E-state index contributed by atoms with van der Waals surface area (Å²) in [4.78, 5) is 25.1. The van der Waals surface area contributed by atoms with E-state index < -0.39 is 28.6 Å². The van der Waals surface area contributed by atoms with Crippen LogP contribution in [0.4, 0.5) is 0 Å². The molecule has 0 heterocycles. The van der Waals surface area contributed by atoms with Gasteiger partial charge in [0.2, 0.25) is 11.2 Å². The van der Waals surface area contributed by atoms with E-state index in [2.05, 4.69) is 0 Å². The molecular formula is C33H32O10. The molecule has 2 atom stereocenters. The van der Waals surface area contributed by atoms with Gasteiger partial charge in [-0.3, -0.25) is 0 Å². The minimum Gasteiger partial charge on any atom is -0.508 e. The molecule has 0 saturated carbocycles. The number of carboxylic acids is 2. The Hall–Kier alpha value is -5.38. The van der Waals surface area contributed by atoms with Gasteiger partial charge >= 0.3 is 11.9 Å². The van der Waals surface area contributed by atoms with Gasteiger partial charge in [-0.2, -0.15) is 0 Å². The fourth-order valence-electron chi connectivity index (χ4n) is 4.92. The second-order valence-corrected chi connectivity index (χ2v) is 11.0. The molecule has 0 radical (unpaired) electrons. The molecule has 6 N–H and O–H groups in total. The number of benzene rings is 4. The topological polar surface area (TPSA) is 174 Å². The van der Waals surface area contributed by atoms with Crippen molar-refractivity contribution in [2.45, 2.75) is 44.3 Å². The molecule has 0 bridgehead atoms. The van der Waals surface area contributed by atoms with Crippen LogP contribution in [0.2, 0.25) is 0 Å². The molecule has 4 rings (SSSR count). The Bertz CT molecular complexity index is 1530. The zero-order valence-electron chi connectivity index (χ0n) is 23.9. The first-order valence-corrected chi connectivity index (χ1v) is 13.2. The average molecular weight is 589 g/mol. The van der Waals surface area contributed by atoms with Crippen LogP contribution in [0, 0.1) is 0 Å². The van der Waals surface area contributed by atoms with E-state index in [-0.39, 0.29) is 45.6 Å². The molecule has 4 aromatic carbocycles. The van der Waals surface area contributed by atoms with Gasteiger partial charge in [-0.15, -0.1) is 0 Å². The zero-order chi connectivity index (χ0) is 31.7. The largest absolute Gasteiger partial charge is 0.508 e. The number of phenols is 4. The summed E-state index contributed by atoms with van der Waals surface area (Å²) in [7, 11) is 0. The van der Waals surface area contributed by atoms with Gasteiger partial charge in [0.1, 0.15) is 34.5 Å². The molecule has 10 nitrogen and oxygen atoms in total. The summed E-state index contributed by atoms with van der Waals surface area (Å²) < 4.78 is 12.3. The number of hydrogen-bond donors (Lipinski definition) is 6. The summed E-state index contributed by atoms with van der Waals surface area (Å²) in [6.07, 6.45) is 0. The van der Waals surface area contributed by atoms with Crippen LogP contribution in [0.1, 0.15) is 49.9 Å². The molecule has 0 aliphatic rings. The molecule has 43 heavy (non-hydrogen) atoms. The first-order chi connectivity index (χ1) is 20.1. The quantitative estimate of drug-likeness (QED) is 0.137. The van der Waals surface area contributed by atoms with Crippen LogP contribution < -0.4 is 9.47 Å². The lowest BCUT2D eigenvalue weighted by Gasteiger charge is -2.35. The van der Waals surface area contributed by atoms with Crippen molar-refractivity contribution in [3.8, 4) is 34.5 Å². The van der Waals surface area contributed by atoms with Crippen molar-refractivity contribution in [1.82, 2.24) is 0 Å². The van der Waals surface area contributed by atoms with Crippen LogP contribution >= 0.6 is 0 Å². The molecule has 0 fully saturated rings. The lowest BCUT2D eigenvalue weighted by atomic mass is 9.77. The van der Waals surface area contributed by atoms with Crippen LogP contribution in [0.15, 0.2) is 84.9 Å². The van der Waals surface area contributed by atoms with Crippen LogP contribution in [0.5, 0.6) is 34.5 Å². The lowest BCUT2D eigenvalue weighted by Crippen LogP contribution is -2.40. The second kappa shape index (κ2) is 11.1. The number of aromatic hydroxyl groups is 4. The minimum absolute atomic E-state index is 0.000402. The number of carbonyl (C=O) groups is 2. The molecule has 2 unspecified atom stereocenters. The summed E-state index contributed by atoms with van der Waals surface area (Å²) in [5, 5.41) is 60.5. The van der Waals surface area contributed by atoms with Gasteiger partial charge in [0, 0.05) is 39.8 Å². The molecule has 0 amide bonds. The highest BCUT2D eigenvalue weighted by atomic mass is 16.5. The number of hydrogen-bond acceptors (Lipinski definition) is 8. The van der Waals surface area contributed by atoms with Crippen molar-refractivity contribution < 1.29 is 49.7 Å². The van der Waals surface area contributed by atoms with Crippen LogP contribution in [-0.2, 0) is 26.2 Å². The Morgan fingerprint density at radius 2 is 0.837 bits per heavy atom. The average Bonchev–Trinajstić information content (AvgIpc) is 2.92. The normalized spacial score (nSPS) is 14.2. The van der Waals surface area contributed by atoms with Gasteiger partial charge in [0.25, 0.3) is 0 Å². The fraction of sp³-hybridized carbons (Fsp3) is 0.212. The Kier molecular flexibility index (Phi) is 7.91. The van der Waals surface area contributed by atoms with Crippen molar-refractivity contribution in [2.75, 3.05) is 0 Å². The third-order valence-corrected chi connectivity index (χ3v) is 7.47. The number of aliphatic carboxylic acids is 2. The van der Waals surface area contributed by atoms with E-state index in [0.717, 1.165) is 12.1 Å². The van der Waals surface area contributed by atoms with Gasteiger partial charge in [-0.25, -0.2) is 9.59 Å². The monoisotopic (exact) mass is 588 g/mol. The molecule has 0 aliphatic heterocycles. The standard InChI is InChI=1S/C33H32O10/c1-31(2,25-9-5-7-11-27(25)42-32(3,29(38)39)19-13-21(34)17-22(35)14-19)26-10-6-8-12-28(26)43-33(4,30(40)41)20-15-23(36)18-24(37)16-20/h5-18,34-37H,1-4H3,(H,38,39)(H,40,41). The number of ether oxygens (including phenoxy) is 2. The Labute approximate surface area is 247 Å². The van der Waals surface area contributed by atoms with Crippen LogP contribution in [-0.4, -0.2) is 42.6 Å². The molecule has 0 saturated heterocycles. The van der Waals surface area contributed by atoms with Gasteiger partial charge in [0.05, 0.1) is 0 Å². The van der Waals surface area contributed by atoms with Crippen molar-refractivity contribution in [3.63, 3.8) is 0 Å². The lowest BCUT2D eigenvalue weighted by molar-refractivity contribution is -0.155. The third-order valence-electron chi connectivity index (χ3n) is 7.47. The highest BCUT2D eigenvalue weighted by Gasteiger charge is 2.43. The maximum Gasteiger partial charge on any atom is 0.352 e. The predicted molar refractivity (Wildman–Crippen MR) is 156 cm³/mol. The molecule has 224 valence electrons. The van der Waals surface area contributed by atoms with E-state index in [0.29, 0.717) is 11.1 Å². The van der Waals surface area contributed by atoms with Gasteiger partial charge in [-0.05, 0) is 50.2 Å². The van der Waals surface area contributed by atoms with E-state index in [9.17, 15) is 40.2 Å². The minimum atomic E-state index is -2.03. The second-order valence-electron chi connectivity index (χ2n) is 11.0. The maximum absolute atomic E-state index is 12.5. The fourth-order valence-corrected chi connectivity index (χ4v) is 4.92. The van der Waals surface area contributed by atoms with E-state index in [4.69, 9.17) is 9.47 Å². The molecule has 0 aliphatic carbocycles. The first-order valence-electron chi connectivity index (χ1n) is 13.2. The van der Waals surface area contributed by atoms with E-state index in [1.54, 1.807) is 48.5 Å². The highest BCUT2D eigenvalue weighted by molar-refractivity contribution is 5.81. The molecule has 0 aromatic heterocycles. The summed E-state index contributed by atoms with van der Waals surface area (Å²) in [5.41, 5.74) is -3.99. The molecule has 0 spiro atoms. The summed E-state index contributed by atoms with van der Waals surface area (Å²) in [5.74, 6) is -3.76. The van der Waals surface area contributed by atoms with Crippen molar-refractivity contribution >= 4 is 11.9 Å². The van der Waals surface area contributed by atoms with E-state index in [1.165, 1.54) is 38.1 Å². The van der Waals surface area contributed by atoms with Gasteiger partial charge in [-0.1, -0.05) is 50.2 Å². The molecule has 10 heteroatoms. The highest BCUT2D eigenvalue weighted by Crippen LogP contribution is 2.45. The SMILES string of the molecule is CC(Oc1ccccc1C(C)(C)c1ccccc1OC(C)(C(=O)O)c1cc(O)cc(O)c1)(C(=O)O)c1cc(O)cc(O)c1. The Morgan fingerprint density at radius 1 is 0.535 bits per heavy atom. The third kappa shape index (κ3) is 5.85. The molecular weight excluding hydrogens is 556 g/mol.